The normalized spacial score (nSPS) is 11.7. The number of hydrogen-bond acceptors (Lipinski definition) is 10. The summed E-state index contributed by atoms with van der Waals surface area (Å²) in [5.41, 5.74) is 14.6. The number of aromatic hydroxyl groups is 2. The molecule has 0 aliphatic heterocycles. The quantitative estimate of drug-likeness (QED) is 0.103. The third kappa shape index (κ3) is 12.8. The first-order chi connectivity index (χ1) is 31.3. The van der Waals surface area contributed by atoms with Gasteiger partial charge in [-0.3, -0.25) is 24.6 Å². The predicted molar refractivity (Wildman–Crippen MR) is 271 cm³/mol. The summed E-state index contributed by atoms with van der Waals surface area (Å²) in [6, 6.07) is 35.9. The number of carbonyl (C=O) groups excluding carboxylic acids is 2. The van der Waals surface area contributed by atoms with Crippen LogP contribution in [0.5, 0.6) is 11.5 Å². The molecule has 0 saturated heterocycles. The van der Waals surface area contributed by atoms with E-state index in [9.17, 15) is 19.8 Å². The average Bonchev–Trinajstić information content (AvgIpc) is 3.28. The van der Waals surface area contributed by atoms with Gasteiger partial charge in [0.15, 0.2) is 11.6 Å². The third-order valence-corrected chi connectivity index (χ3v) is 10.8. The lowest BCUT2D eigenvalue weighted by Gasteiger charge is -2.16. The molecule has 0 amide bonds. The van der Waals surface area contributed by atoms with Crippen molar-refractivity contribution in [1.82, 2.24) is 15.0 Å². The highest BCUT2D eigenvalue weighted by Gasteiger charge is 2.14. The van der Waals surface area contributed by atoms with E-state index >= 15 is 0 Å². The smallest absolute Gasteiger partial charge is 0.178 e. The maximum atomic E-state index is 11.4. The van der Waals surface area contributed by atoms with Gasteiger partial charge in [-0.1, -0.05) is 94.4 Å². The maximum Gasteiger partial charge on any atom is 0.178 e. The van der Waals surface area contributed by atoms with E-state index in [1.165, 1.54) is 25.0 Å². The molecule has 2 N–H and O–H groups in total. The van der Waals surface area contributed by atoms with Gasteiger partial charge in [-0.15, -0.1) is 0 Å². The summed E-state index contributed by atoms with van der Waals surface area (Å²) >= 11 is 0. The summed E-state index contributed by atoms with van der Waals surface area (Å²) in [5.74, 6) is 1.13. The number of aryl methyl sites for hydroxylation is 4. The monoisotopic (exact) mass is 880 g/mol. The molecule has 0 saturated carbocycles. The van der Waals surface area contributed by atoms with Crippen LogP contribution in [0.1, 0.15) is 139 Å². The van der Waals surface area contributed by atoms with Crippen LogP contribution < -0.4 is 0 Å². The summed E-state index contributed by atoms with van der Waals surface area (Å²) in [4.78, 5) is 50.0. The third-order valence-electron chi connectivity index (χ3n) is 10.8. The zero-order chi connectivity index (χ0) is 48.2. The Kier molecular flexibility index (Phi) is 16.8. The van der Waals surface area contributed by atoms with Crippen LogP contribution in [-0.4, -0.2) is 54.4 Å². The second-order valence-electron chi connectivity index (χ2n) is 16.9. The van der Waals surface area contributed by atoms with Crippen LogP contribution in [0.4, 0.5) is 17.1 Å². The van der Waals surface area contributed by atoms with Crippen LogP contribution in [0.15, 0.2) is 130 Å². The Morgan fingerprint density at radius 3 is 1.44 bits per heavy atom. The number of aliphatic imine (C=N–C) groups is 3. The fourth-order valence-corrected chi connectivity index (χ4v) is 7.22. The molecule has 3 heterocycles. The lowest BCUT2D eigenvalue weighted by atomic mass is 9.93. The number of carbonyl (C=O) groups is 2. The Labute approximate surface area is 389 Å². The molecule has 0 atom stereocenters. The van der Waals surface area contributed by atoms with Crippen LogP contribution in [0, 0.1) is 27.7 Å². The molecule has 7 aromatic rings. The van der Waals surface area contributed by atoms with Crippen molar-refractivity contribution in [1.29, 1.82) is 0 Å². The highest BCUT2D eigenvalue weighted by molar-refractivity contribution is 6.01. The number of Topliss-reactive ketones (excluding diaryl/α,β-unsaturated/α-hetero) is 2. The summed E-state index contributed by atoms with van der Waals surface area (Å²) in [6.45, 7) is 23.4. The van der Waals surface area contributed by atoms with Gasteiger partial charge in [0.2, 0.25) is 0 Å². The van der Waals surface area contributed by atoms with Crippen molar-refractivity contribution in [3.05, 3.63) is 177 Å². The number of hydrogen-bond donors (Lipinski definition) is 2. The van der Waals surface area contributed by atoms with Crippen molar-refractivity contribution in [3.8, 4) is 11.5 Å². The number of nitrogens with zero attached hydrogens (tertiary/aromatic N) is 6. The molecule has 0 bridgehead atoms. The SMILES string of the molecule is CC(=O)c1cccc(C(C)=Nc2c(C)cc(O)cc2C)n1.CC(=O)c1cccc(C(C)=Nc2c(C)cccc2C)n1.CC(C)c1cccc(C(C)C)c1N=Cc1ccc2cccc(O)c2n1. The number of aromatic nitrogens is 3. The molecule has 10 heteroatoms. The van der Waals surface area contributed by atoms with E-state index in [0.717, 1.165) is 67.5 Å². The molecule has 0 aliphatic rings. The van der Waals surface area contributed by atoms with Gasteiger partial charge in [0.1, 0.15) is 28.4 Å². The predicted octanol–water partition coefficient (Wildman–Crippen LogP) is 13.7. The Morgan fingerprint density at radius 2 is 0.955 bits per heavy atom. The summed E-state index contributed by atoms with van der Waals surface area (Å²) in [7, 11) is 0. The molecular weight excluding hydrogens is 821 g/mol. The molecule has 0 unspecified atom stereocenters. The van der Waals surface area contributed by atoms with E-state index < -0.39 is 0 Å². The number of phenols is 2. The summed E-state index contributed by atoms with van der Waals surface area (Å²) in [6.07, 6.45) is 1.79. The minimum absolute atomic E-state index is 0.0354. The summed E-state index contributed by atoms with van der Waals surface area (Å²) < 4.78 is 0. The van der Waals surface area contributed by atoms with Crippen LogP contribution in [0.2, 0.25) is 0 Å². The molecule has 338 valence electrons. The minimum Gasteiger partial charge on any atom is -0.508 e. The van der Waals surface area contributed by atoms with Gasteiger partial charge in [0.05, 0.1) is 51.8 Å². The van der Waals surface area contributed by atoms with Gasteiger partial charge in [-0.25, -0.2) is 15.0 Å². The number of benzene rings is 4. The minimum atomic E-state index is -0.0679. The Hall–Kier alpha value is -7.46. The van der Waals surface area contributed by atoms with Gasteiger partial charge in [0, 0.05) is 19.2 Å². The lowest BCUT2D eigenvalue weighted by molar-refractivity contribution is 0.100. The molecule has 4 aromatic carbocycles. The molecule has 10 nitrogen and oxygen atoms in total. The Balaban J connectivity index is 0.000000187. The van der Waals surface area contributed by atoms with Gasteiger partial charge in [0.25, 0.3) is 0 Å². The van der Waals surface area contributed by atoms with E-state index in [0.29, 0.717) is 34.4 Å². The van der Waals surface area contributed by atoms with Crippen molar-refractivity contribution < 1.29 is 19.8 Å². The van der Waals surface area contributed by atoms with Crippen molar-refractivity contribution >= 4 is 57.2 Å². The molecule has 0 aliphatic carbocycles. The lowest BCUT2D eigenvalue weighted by Crippen LogP contribution is -2.04. The number of phenolic OH excluding ortho intramolecular Hbond substituents is 2. The Morgan fingerprint density at radius 1 is 0.515 bits per heavy atom. The van der Waals surface area contributed by atoms with Crippen LogP contribution in [-0.2, 0) is 0 Å². The van der Waals surface area contributed by atoms with E-state index in [4.69, 9.17) is 4.99 Å². The van der Waals surface area contributed by atoms with Crippen molar-refractivity contribution in [2.75, 3.05) is 0 Å². The van der Waals surface area contributed by atoms with E-state index in [1.807, 2.05) is 102 Å². The summed E-state index contributed by atoms with van der Waals surface area (Å²) in [5, 5.41) is 20.5. The van der Waals surface area contributed by atoms with Gasteiger partial charge in [-0.2, -0.15) is 0 Å². The molecular formula is C56H60N6O4. The fraction of sp³-hybridized carbons (Fsp3) is 0.250. The first kappa shape index (κ1) is 49.6. The largest absolute Gasteiger partial charge is 0.508 e. The zero-order valence-corrected chi connectivity index (χ0v) is 40.1. The molecule has 7 rings (SSSR count). The molecule has 0 radical (unpaired) electrons. The first-order valence-electron chi connectivity index (χ1n) is 22.0. The van der Waals surface area contributed by atoms with Crippen molar-refractivity contribution in [2.24, 2.45) is 15.0 Å². The molecule has 66 heavy (non-hydrogen) atoms. The molecule has 0 spiro atoms. The number of pyridine rings is 3. The zero-order valence-electron chi connectivity index (χ0n) is 40.1. The van der Waals surface area contributed by atoms with Gasteiger partial charge in [-0.05, 0) is 135 Å². The second-order valence-corrected chi connectivity index (χ2v) is 16.9. The number of para-hydroxylation sites is 3. The highest BCUT2D eigenvalue weighted by atomic mass is 16.3. The standard InChI is InChI=1S/C22H24N2O.C17H18N2O2.C17H18N2O/c1-14(2)18-8-6-9-19(15(3)4)22(18)23-13-17-12-11-16-7-5-10-20(25)21(16)24-17;1-10-8-14(21)9-11(2)17(10)18-12(3)15-6-5-7-16(19-15)13(4)20;1-11-7-5-8-12(2)17(11)18-13(3)15-9-6-10-16(19-15)14(4)20/h5-15,25H,1-4H3;5-9,21H,1-4H3;5-10H,1-4H3. The van der Waals surface area contributed by atoms with Crippen LogP contribution in [0.25, 0.3) is 10.9 Å². The number of ketones is 2. The second kappa shape index (κ2) is 22.4. The Bertz CT molecular complexity index is 2910. The van der Waals surface area contributed by atoms with Crippen LogP contribution in [0.3, 0.4) is 0 Å². The van der Waals surface area contributed by atoms with E-state index in [2.05, 4.69) is 70.8 Å². The topological polar surface area (TPSA) is 150 Å². The van der Waals surface area contributed by atoms with Crippen molar-refractivity contribution in [3.63, 3.8) is 0 Å². The first-order valence-corrected chi connectivity index (χ1v) is 22.0. The molecule has 0 fully saturated rings. The number of rotatable bonds is 10. The van der Waals surface area contributed by atoms with E-state index in [1.54, 1.807) is 42.6 Å². The maximum absolute atomic E-state index is 11.4. The highest BCUT2D eigenvalue weighted by Crippen LogP contribution is 2.35. The van der Waals surface area contributed by atoms with Crippen molar-refractivity contribution in [2.45, 2.75) is 94.9 Å². The molecule has 3 aromatic heterocycles. The number of fused-ring (bicyclic) bond motifs is 1. The average molecular weight is 881 g/mol. The van der Waals surface area contributed by atoms with Gasteiger partial charge >= 0.3 is 0 Å². The van der Waals surface area contributed by atoms with Crippen LogP contribution >= 0.6 is 0 Å². The van der Waals surface area contributed by atoms with Gasteiger partial charge < -0.3 is 10.2 Å². The fourth-order valence-electron chi connectivity index (χ4n) is 7.22. The van der Waals surface area contributed by atoms with E-state index in [-0.39, 0.29) is 23.1 Å².